The topological polar surface area (TPSA) is 28.2 Å². The summed E-state index contributed by atoms with van der Waals surface area (Å²) in [5, 5.41) is 3.39. The molecule has 1 heterocycles. The highest BCUT2D eigenvalue weighted by molar-refractivity contribution is 5.59. The Morgan fingerprint density at radius 2 is 1.86 bits per heavy atom. The Labute approximate surface area is 128 Å². The molecule has 1 aromatic carbocycles. The first kappa shape index (κ1) is 15.5. The monoisotopic (exact) mass is 283 g/mol. The van der Waals surface area contributed by atoms with Gasteiger partial charge in [-0.3, -0.25) is 0 Å². The number of nitrogens with zero attached hydrogens (tertiary/aromatic N) is 2. The second kappa shape index (κ2) is 7.23. The average Bonchev–Trinajstić information content (AvgIpc) is 2.52. The number of aromatic nitrogens is 1. The van der Waals surface area contributed by atoms with E-state index in [2.05, 4.69) is 74.4 Å². The van der Waals surface area contributed by atoms with Gasteiger partial charge in [-0.05, 0) is 42.3 Å². The predicted octanol–water partition coefficient (Wildman–Crippen LogP) is 4.08. The van der Waals surface area contributed by atoms with Gasteiger partial charge < -0.3 is 10.2 Å². The fourth-order valence-corrected chi connectivity index (χ4v) is 2.22. The van der Waals surface area contributed by atoms with Crippen LogP contribution in [0.1, 0.15) is 37.9 Å². The van der Waals surface area contributed by atoms with E-state index in [0.29, 0.717) is 5.92 Å². The Morgan fingerprint density at radius 1 is 1.14 bits per heavy atom. The van der Waals surface area contributed by atoms with Crippen molar-refractivity contribution >= 4 is 11.5 Å². The fraction of sp³-hybridized carbons (Fsp3) is 0.389. The van der Waals surface area contributed by atoms with Crippen LogP contribution in [-0.4, -0.2) is 18.6 Å². The van der Waals surface area contributed by atoms with E-state index in [0.717, 1.165) is 30.3 Å². The van der Waals surface area contributed by atoms with Crippen LogP contribution in [0, 0.1) is 0 Å². The van der Waals surface area contributed by atoms with Gasteiger partial charge in [0.2, 0.25) is 0 Å². The zero-order valence-electron chi connectivity index (χ0n) is 13.4. The zero-order chi connectivity index (χ0) is 15.2. The molecule has 0 radical (unpaired) electrons. The number of pyridine rings is 1. The minimum Gasteiger partial charge on any atom is -0.329 e. The van der Waals surface area contributed by atoms with Crippen molar-refractivity contribution in [1.82, 2.24) is 10.3 Å². The van der Waals surface area contributed by atoms with E-state index >= 15 is 0 Å². The predicted molar refractivity (Wildman–Crippen MR) is 90.2 cm³/mol. The van der Waals surface area contributed by atoms with Crippen LogP contribution >= 0.6 is 0 Å². The van der Waals surface area contributed by atoms with Crippen molar-refractivity contribution in [2.24, 2.45) is 0 Å². The lowest BCUT2D eigenvalue weighted by atomic mass is 10.1. The average molecular weight is 283 g/mol. The Morgan fingerprint density at radius 3 is 2.48 bits per heavy atom. The molecule has 0 aliphatic heterocycles. The molecule has 0 bridgehead atoms. The summed E-state index contributed by atoms with van der Waals surface area (Å²) in [5.74, 6) is 1.43. The summed E-state index contributed by atoms with van der Waals surface area (Å²) >= 11 is 0. The third-order valence-corrected chi connectivity index (χ3v) is 3.55. The molecule has 2 rings (SSSR count). The number of para-hydroxylation sites is 1. The van der Waals surface area contributed by atoms with E-state index in [-0.39, 0.29) is 0 Å². The highest BCUT2D eigenvalue weighted by Gasteiger charge is 2.10. The summed E-state index contributed by atoms with van der Waals surface area (Å²) < 4.78 is 0. The zero-order valence-corrected chi connectivity index (χ0v) is 13.4. The van der Waals surface area contributed by atoms with Crippen molar-refractivity contribution in [3.05, 3.63) is 53.7 Å². The van der Waals surface area contributed by atoms with Gasteiger partial charge in [0.1, 0.15) is 5.82 Å². The van der Waals surface area contributed by atoms with E-state index in [4.69, 9.17) is 4.98 Å². The van der Waals surface area contributed by atoms with Gasteiger partial charge in [0.25, 0.3) is 0 Å². The van der Waals surface area contributed by atoms with Crippen LogP contribution < -0.4 is 10.2 Å². The summed E-state index contributed by atoms with van der Waals surface area (Å²) in [4.78, 5) is 6.96. The third kappa shape index (κ3) is 4.05. The van der Waals surface area contributed by atoms with Gasteiger partial charge in [-0.2, -0.15) is 0 Å². The number of hydrogen-bond acceptors (Lipinski definition) is 3. The summed E-state index contributed by atoms with van der Waals surface area (Å²) in [5.41, 5.74) is 3.58. The minimum atomic E-state index is 0.425. The van der Waals surface area contributed by atoms with E-state index in [1.165, 1.54) is 5.56 Å². The molecule has 0 aliphatic carbocycles. The maximum Gasteiger partial charge on any atom is 0.133 e. The first-order valence-electron chi connectivity index (χ1n) is 7.62. The van der Waals surface area contributed by atoms with Crippen molar-refractivity contribution < 1.29 is 0 Å². The normalized spacial score (nSPS) is 10.9. The molecule has 0 aliphatic rings. The maximum absolute atomic E-state index is 4.82. The SMILES string of the molecule is CCNCc1cc(C(C)C)nc(N(C)c2ccccc2)c1. The van der Waals surface area contributed by atoms with E-state index in [1.807, 2.05) is 6.07 Å². The van der Waals surface area contributed by atoms with Crippen LogP contribution in [0.2, 0.25) is 0 Å². The first-order valence-corrected chi connectivity index (χ1v) is 7.62. The fourth-order valence-electron chi connectivity index (χ4n) is 2.22. The third-order valence-electron chi connectivity index (χ3n) is 3.55. The molecule has 3 heteroatoms. The standard InChI is InChI=1S/C18H25N3/c1-5-19-13-15-11-17(14(2)3)20-18(12-15)21(4)16-9-7-6-8-10-16/h6-12,14,19H,5,13H2,1-4H3. The van der Waals surface area contributed by atoms with E-state index < -0.39 is 0 Å². The van der Waals surface area contributed by atoms with Gasteiger partial charge in [-0.25, -0.2) is 4.98 Å². The Kier molecular flexibility index (Phi) is 5.34. The Balaban J connectivity index is 2.35. The molecular weight excluding hydrogens is 258 g/mol. The lowest BCUT2D eigenvalue weighted by Crippen LogP contribution is -2.16. The van der Waals surface area contributed by atoms with Crippen LogP contribution in [0.4, 0.5) is 11.5 Å². The molecule has 0 spiro atoms. The number of nitrogens with one attached hydrogen (secondary N) is 1. The van der Waals surface area contributed by atoms with Crippen LogP contribution in [-0.2, 0) is 6.54 Å². The summed E-state index contributed by atoms with van der Waals surface area (Å²) in [6.07, 6.45) is 0. The largest absolute Gasteiger partial charge is 0.329 e. The molecule has 0 fully saturated rings. The molecule has 0 unspecified atom stereocenters. The molecule has 0 saturated heterocycles. The van der Waals surface area contributed by atoms with Gasteiger partial charge >= 0.3 is 0 Å². The molecule has 0 amide bonds. The number of hydrogen-bond donors (Lipinski definition) is 1. The summed E-state index contributed by atoms with van der Waals surface area (Å²) in [7, 11) is 2.07. The maximum atomic E-state index is 4.82. The Bertz CT molecular complexity index is 564. The molecule has 0 saturated carbocycles. The van der Waals surface area contributed by atoms with Gasteiger partial charge in [-0.1, -0.05) is 39.0 Å². The van der Waals surface area contributed by atoms with E-state index in [1.54, 1.807) is 0 Å². The quantitative estimate of drug-likeness (QED) is 0.865. The van der Waals surface area contributed by atoms with Crippen LogP contribution in [0.15, 0.2) is 42.5 Å². The number of benzene rings is 1. The highest BCUT2D eigenvalue weighted by Crippen LogP contribution is 2.25. The van der Waals surface area contributed by atoms with Gasteiger partial charge in [0, 0.05) is 25.0 Å². The van der Waals surface area contributed by atoms with Crippen LogP contribution in [0.5, 0.6) is 0 Å². The lowest BCUT2D eigenvalue weighted by molar-refractivity contribution is 0.720. The lowest BCUT2D eigenvalue weighted by Gasteiger charge is -2.21. The molecule has 21 heavy (non-hydrogen) atoms. The van der Waals surface area contributed by atoms with Crippen molar-refractivity contribution in [2.45, 2.75) is 33.2 Å². The van der Waals surface area contributed by atoms with Crippen molar-refractivity contribution in [1.29, 1.82) is 0 Å². The molecular formula is C18H25N3. The Hall–Kier alpha value is -1.87. The first-order chi connectivity index (χ1) is 10.1. The van der Waals surface area contributed by atoms with Gasteiger partial charge in [0.15, 0.2) is 0 Å². The van der Waals surface area contributed by atoms with Gasteiger partial charge in [0.05, 0.1) is 0 Å². The van der Waals surface area contributed by atoms with E-state index in [9.17, 15) is 0 Å². The minimum absolute atomic E-state index is 0.425. The van der Waals surface area contributed by atoms with Crippen LogP contribution in [0.3, 0.4) is 0 Å². The molecule has 2 aromatic rings. The smallest absolute Gasteiger partial charge is 0.133 e. The van der Waals surface area contributed by atoms with Crippen molar-refractivity contribution in [3.8, 4) is 0 Å². The molecule has 1 aromatic heterocycles. The van der Waals surface area contributed by atoms with Gasteiger partial charge in [-0.15, -0.1) is 0 Å². The molecule has 3 nitrogen and oxygen atoms in total. The number of anilines is 2. The van der Waals surface area contributed by atoms with Crippen molar-refractivity contribution in [2.75, 3.05) is 18.5 Å². The highest BCUT2D eigenvalue weighted by atomic mass is 15.2. The summed E-state index contributed by atoms with van der Waals surface area (Å²) in [6.45, 7) is 8.36. The van der Waals surface area contributed by atoms with Crippen molar-refractivity contribution in [3.63, 3.8) is 0 Å². The molecule has 1 N–H and O–H groups in total. The summed E-state index contributed by atoms with van der Waals surface area (Å²) in [6, 6.07) is 14.7. The second-order valence-electron chi connectivity index (χ2n) is 5.59. The van der Waals surface area contributed by atoms with Crippen LogP contribution in [0.25, 0.3) is 0 Å². The second-order valence-corrected chi connectivity index (χ2v) is 5.59. The molecule has 112 valence electrons. The molecule has 0 atom stereocenters. The number of rotatable bonds is 6.